The number of ether oxygens (including phenoxy) is 1. The van der Waals surface area contributed by atoms with E-state index in [2.05, 4.69) is 10.6 Å². The topological polar surface area (TPSA) is 50.4 Å². The summed E-state index contributed by atoms with van der Waals surface area (Å²) in [5, 5.41) is 8.16. The molecular weight excluding hydrogens is 376 g/mol. The van der Waals surface area contributed by atoms with E-state index >= 15 is 0 Å². The number of rotatable bonds is 3. The standard InChI is InChI=1S/C21H34N2O2S2/c1-15-16(2)27-19(18(15)20(24)25-3)23-21(26)22-17-13-11-9-7-5-4-6-8-10-12-14-17/h17H,4-14H2,1-3H3,(H2,22,23,26). The van der Waals surface area contributed by atoms with Gasteiger partial charge in [0, 0.05) is 10.9 Å². The van der Waals surface area contributed by atoms with Crippen molar-refractivity contribution in [1.82, 2.24) is 5.32 Å². The third kappa shape index (κ3) is 7.07. The molecule has 1 aliphatic carbocycles. The third-order valence-electron chi connectivity index (χ3n) is 5.44. The Morgan fingerprint density at radius 1 is 1.00 bits per heavy atom. The van der Waals surface area contributed by atoms with Gasteiger partial charge in [0.1, 0.15) is 5.00 Å². The van der Waals surface area contributed by atoms with E-state index in [9.17, 15) is 4.79 Å². The number of hydrogen-bond acceptors (Lipinski definition) is 4. The maximum atomic E-state index is 12.1. The number of thiophene rings is 1. The number of methoxy groups -OCH3 is 1. The number of nitrogens with one attached hydrogen (secondary N) is 2. The summed E-state index contributed by atoms with van der Waals surface area (Å²) in [6, 6.07) is 0.410. The van der Waals surface area contributed by atoms with Gasteiger partial charge in [-0.15, -0.1) is 11.3 Å². The molecule has 1 aromatic heterocycles. The van der Waals surface area contributed by atoms with E-state index in [1.807, 2.05) is 13.8 Å². The van der Waals surface area contributed by atoms with Crippen LogP contribution in [0, 0.1) is 13.8 Å². The molecule has 0 amide bonds. The third-order valence-corrected chi connectivity index (χ3v) is 6.78. The van der Waals surface area contributed by atoms with Crippen LogP contribution in [0.25, 0.3) is 0 Å². The van der Waals surface area contributed by atoms with Crippen LogP contribution in [0.3, 0.4) is 0 Å². The van der Waals surface area contributed by atoms with Crippen LogP contribution >= 0.6 is 23.6 Å². The van der Waals surface area contributed by atoms with Crippen molar-refractivity contribution >= 4 is 39.6 Å². The molecule has 1 saturated carbocycles. The smallest absolute Gasteiger partial charge is 0.341 e. The zero-order valence-corrected chi connectivity index (χ0v) is 18.6. The highest BCUT2D eigenvalue weighted by atomic mass is 32.1. The van der Waals surface area contributed by atoms with Gasteiger partial charge >= 0.3 is 5.97 Å². The van der Waals surface area contributed by atoms with Gasteiger partial charge in [-0.2, -0.15) is 0 Å². The van der Waals surface area contributed by atoms with Crippen LogP contribution in [-0.2, 0) is 4.74 Å². The largest absolute Gasteiger partial charge is 0.465 e. The van der Waals surface area contributed by atoms with Gasteiger partial charge in [-0.1, -0.05) is 57.8 Å². The SMILES string of the molecule is COC(=O)c1c(NC(=S)NC2CCCCCCCCCCC2)sc(C)c1C. The molecule has 6 heteroatoms. The molecule has 1 aromatic rings. The first-order valence-corrected chi connectivity index (χ1v) is 11.5. The molecule has 1 heterocycles. The Balaban J connectivity index is 1.96. The summed E-state index contributed by atoms with van der Waals surface area (Å²) in [7, 11) is 1.42. The first-order valence-electron chi connectivity index (χ1n) is 10.3. The lowest BCUT2D eigenvalue weighted by molar-refractivity contribution is 0.0601. The van der Waals surface area contributed by atoms with Crippen molar-refractivity contribution in [2.24, 2.45) is 0 Å². The van der Waals surface area contributed by atoms with E-state index in [1.54, 1.807) is 11.3 Å². The monoisotopic (exact) mass is 410 g/mol. The first kappa shape index (κ1) is 22.2. The van der Waals surface area contributed by atoms with E-state index in [4.69, 9.17) is 17.0 Å². The van der Waals surface area contributed by atoms with Gasteiger partial charge in [0.05, 0.1) is 12.7 Å². The number of anilines is 1. The second-order valence-electron chi connectivity index (χ2n) is 7.53. The summed E-state index contributed by atoms with van der Waals surface area (Å²) in [6.07, 6.45) is 14.3. The molecule has 0 spiro atoms. The Bertz CT molecular complexity index is 616. The van der Waals surface area contributed by atoms with Gasteiger partial charge in [0.25, 0.3) is 0 Å². The molecule has 0 unspecified atom stereocenters. The van der Waals surface area contributed by atoms with Crippen LogP contribution in [0.15, 0.2) is 0 Å². The predicted octanol–water partition coefficient (Wildman–Crippen LogP) is 6.11. The van der Waals surface area contributed by atoms with Crippen molar-refractivity contribution < 1.29 is 9.53 Å². The van der Waals surface area contributed by atoms with Gasteiger partial charge in [-0.25, -0.2) is 4.79 Å². The van der Waals surface area contributed by atoms with E-state index in [1.165, 1.54) is 64.9 Å². The minimum absolute atomic E-state index is 0.312. The van der Waals surface area contributed by atoms with Crippen molar-refractivity contribution in [2.75, 3.05) is 12.4 Å². The summed E-state index contributed by atoms with van der Waals surface area (Å²) in [5.41, 5.74) is 1.56. The highest BCUT2D eigenvalue weighted by Gasteiger charge is 2.21. The fourth-order valence-electron chi connectivity index (χ4n) is 3.70. The summed E-state index contributed by atoms with van der Waals surface area (Å²) < 4.78 is 4.94. The second-order valence-corrected chi connectivity index (χ2v) is 9.17. The Morgan fingerprint density at radius 3 is 2.04 bits per heavy atom. The molecule has 0 radical (unpaired) electrons. The van der Waals surface area contributed by atoms with Crippen molar-refractivity contribution in [2.45, 2.75) is 90.5 Å². The number of thiocarbonyl (C=S) groups is 1. The van der Waals surface area contributed by atoms with Crippen LogP contribution in [0.2, 0.25) is 0 Å². The van der Waals surface area contributed by atoms with Gasteiger partial charge in [0.2, 0.25) is 0 Å². The Hall–Kier alpha value is -1.14. The first-order chi connectivity index (χ1) is 13.0. The van der Waals surface area contributed by atoms with Crippen LogP contribution in [0.4, 0.5) is 5.00 Å². The molecule has 0 aromatic carbocycles. The van der Waals surface area contributed by atoms with Gasteiger partial charge in [-0.05, 0) is 44.5 Å². The minimum Gasteiger partial charge on any atom is -0.465 e. The van der Waals surface area contributed by atoms with Crippen LogP contribution in [0.1, 0.15) is 91.4 Å². The average molecular weight is 411 g/mol. The average Bonchev–Trinajstić information content (AvgIpc) is 2.90. The second kappa shape index (κ2) is 11.6. The molecule has 0 aliphatic heterocycles. The van der Waals surface area contributed by atoms with Crippen molar-refractivity contribution in [3.63, 3.8) is 0 Å². The molecule has 1 fully saturated rings. The minimum atomic E-state index is -0.312. The van der Waals surface area contributed by atoms with E-state index < -0.39 is 0 Å². The van der Waals surface area contributed by atoms with Crippen molar-refractivity contribution in [1.29, 1.82) is 0 Å². The van der Waals surface area contributed by atoms with Crippen molar-refractivity contribution in [3.05, 3.63) is 16.0 Å². The number of carbonyl (C=O) groups is 1. The summed E-state index contributed by atoms with van der Waals surface area (Å²) in [6.45, 7) is 3.97. The molecule has 2 N–H and O–H groups in total. The zero-order chi connectivity index (χ0) is 19.6. The number of carbonyl (C=O) groups excluding carboxylic acids is 1. The fraction of sp³-hybridized carbons (Fsp3) is 0.714. The van der Waals surface area contributed by atoms with Gasteiger partial charge in [-0.3, -0.25) is 0 Å². The molecule has 4 nitrogen and oxygen atoms in total. The molecule has 2 rings (SSSR count). The van der Waals surface area contributed by atoms with Gasteiger partial charge < -0.3 is 15.4 Å². The quantitative estimate of drug-likeness (QED) is 0.465. The zero-order valence-electron chi connectivity index (χ0n) is 17.0. The molecule has 0 saturated heterocycles. The Kier molecular flexibility index (Phi) is 9.56. The summed E-state index contributed by atoms with van der Waals surface area (Å²) in [5.74, 6) is -0.312. The lowest BCUT2D eigenvalue weighted by atomic mass is 9.98. The lowest BCUT2D eigenvalue weighted by Gasteiger charge is -2.21. The maximum absolute atomic E-state index is 12.1. The van der Waals surface area contributed by atoms with E-state index in [-0.39, 0.29) is 5.97 Å². The fourth-order valence-corrected chi connectivity index (χ4v) is 5.08. The molecule has 1 aliphatic rings. The lowest BCUT2D eigenvalue weighted by Crippen LogP contribution is -2.38. The van der Waals surface area contributed by atoms with Crippen LogP contribution < -0.4 is 10.6 Å². The highest BCUT2D eigenvalue weighted by Crippen LogP contribution is 2.33. The number of esters is 1. The predicted molar refractivity (Wildman–Crippen MR) is 119 cm³/mol. The van der Waals surface area contributed by atoms with E-state index in [0.717, 1.165) is 28.3 Å². The van der Waals surface area contributed by atoms with Crippen LogP contribution in [0.5, 0.6) is 0 Å². The maximum Gasteiger partial charge on any atom is 0.341 e. The Morgan fingerprint density at radius 2 is 1.52 bits per heavy atom. The molecule has 27 heavy (non-hydrogen) atoms. The molecule has 152 valence electrons. The Labute approximate surface area is 173 Å². The van der Waals surface area contributed by atoms with Gasteiger partial charge in [0.15, 0.2) is 5.11 Å². The number of aryl methyl sites for hydroxylation is 1. The van der Waals surface area contributed by atoms with Crippen molar-refractivity contribution in [3.8, 4) is 0 Å². The van der Waals surface area contributed by atoms with E-state index in [0.29, 0.717) is 16.7 Å². The molecular formula is C21H34N2O2S2. The summed E-state index contributed by atoms with van der Waals surface area (Å²) in [4.78, 5) is 13.2. The summed E-state index contributed by atoms with van der Waals surface area (Å²) >= 11 is 7.13. The normalized spacial score (nSPS) is 17.4. The molecule has 0 atom stereocenters. The number of hydrogen-bond donors (Lipinski definition) is 2. The molecule has 0 bridgehead atoms. The highest BCUT2D eigenvalue weighted by molar-refractivity contribution is 7.80. The van der Waals surface area contributed by atoms with Crippen LogP contribution in [-0.4, -0.2) is 24.2 Å².